The molecule has 3 aromatic carbocycles. The molecule has 0 aliphatic heterocycles. The molecule has 0 spiro atoms. The number of hydrogen-bond donors (Lipinski definition) is 1. The fourth-order valence-electron chi connectivity index (χ4n) is 2.85. The summed E-state index contributed by atoms with van der Waals surface area (Å²) < 4.78 is 0. The third kappa shape index (κ3) is 2.44. The molecule has 3 rings (SSSR count). The van der Waals surface area contributed by atoms with Crippen LogP contribution in [0.2, 0.25) is 0 Å². The fourth-order valence-corrected chi connectivity index (χ4v) is 2.85. The SMILES string of the molecule is CC(c1ccccc1)(c1ccc([O-])cc1)c1ccc(O)cc1. The minimum absolute atomic E-state index is 0.00451. The first-order valence-corrected chi connectivity index (χ1v) is 7.23. The van der Waals surface area contributed by atoms with E-state index in [4.69, 9.17) is 0 Å². The molecule has 0 radical (unpaired) electrons. The molecule has 110 valence electrons. The van der Waals surface area contributed by atoms with E-state index < -0.39 is 0 Å². The summed E-state index contributed by atoms with van der Waals surface area (Å²) in [4.78, 5) is 0. The van der Waals surface area contributed by atoms with E-state index in [-0.39, 0.29) is 16.9 Å². The van der Waals surface area contributed by atoms with Gasteiger partial charge in [0.25, 0.3) is 0 Å². The summed E-state index contributed by atoms with van der Waals surface area (Å²) in [5.74, 6) is 0.249. The van der Waals surface area contributed by atoms with Crippen LogP contribution in [-0.2, 0) is 5.41 Å². The predicted molar refractivity (Wildman–Crippen MR) is 86.0 cm³/mol. The Kier molecular flexibility index (Phi) is 3.60. The predicted octanol–water partition coefficient (Wildman–Crippen LogP) is 3.82. The molecular formula is C20H17O2-. The monoisotopic (exact) mass is 289 g/mol. The van der Waals surface area contributed by atoms with Gasteiger partial charge in [0.15, 0.2) is 0 Å². The molecular weight excluding hydrogens is 272 g/mol. The molecule has 0 aliphatic rings. The molecule has 2 heteroatoms. The Morgan fingerprint density at radius 3 is 1.68 bits per heavy atom. The minimum Gasteiger partial charge on any atom is -0.872 e. The van der Waals surface area contributed by atoms with E-state index in [0.29, 0.717) is 0 Å². The zero-order chi connectivity index (χ0) is 15.6. The van der Waals surface area contributed by atoms with Gasteiger partial charge in [0, 0.05) is 5.41 Å². The van der Waals surface area contributed by atoms with E-state index >= 15 is 0 Å². The average molecular weight is 289 g/mol. The zero-order valence-electron chi connectivity index (χ0n) is 12.4. The van der Waals surface area contributed by atoms with Crippen LogP contribution in [0.4, 0.5) is 0 Å². The Labute approximate surface area is 130 Å². The fraction of sp³-hybridized carbons (Fsp3) is 0.100. The minimum atomic E-state index is -0.386. The molecule has 1 N–H and O–H groups in total. The van der Waals surface area contributed by atoms with E-state index in [1.165, 1.54) is 0 Å². The summed E-state index contributed by atoms with van der Waals surface area (Å²) in [6, 6.07) is 24.3. The highest BCUT2D eigenvalue weighted by Crippen LogP contribution is 2.39. The van der Waals surface area contributed by atoms with Crippen LogP contribution in [-0.4, -0.2) is 5.11 Å². The first-order chi connectivity index (χ1) is 10.6. The maximum Gasteiger partial charge on any atom is 0.115 e. The molecule has 1 unspecified atom stereocenters. The summed E-state index contributed by atoms with van der Waals surface area (Å²) in [5.41, 5.74) is 2.86. The summed E-state index contributed by atoms with van der Waals surface area (Å²) in [6.45, 7) is 2.13. The largest absolute Gasteiger partial charge is 0.872 e. The van der Waals surface area contributed by atoms with E-state index in [1.807, 2.05) is 42.5 Å². The van der Waals surface area contributed by atoms with Gasteiger partial charge in [0.1, 0.15) is 5.75 Å². The van der Waals surface area contributed by atoms with Crippen molar-refractivity contribution < 1.29 is 10.2 Å². The van der Waals surface area contributed by atoms with Crippen LogP contribution in [0, 0.1) is 0 Å². The Morgan fingerprint density at radius 1 is 0.682 bits per heavy atom. The molecule has 0 fully saturated rings. The number of rotatable bonds is 3. The van der Waals surface area contributed by atoms with Crippen LogP contribution in [0.25, 0.3) is 0 Å². The molecule has 1 atom stereocenters. The van der Waals surface area contributed by atoms with E-state index in [0.717, 1.165) is 16.7 Å². The van der Waals surface area contributed by atoms with Crippen molar-refractivity contribution >= 4 is 0 Å². The van der Waals surface area contributed by atoms with Gasteiger partial charge in [0.05, 0.1) is 0 Å². The second kappa shape index (κ2) is 5.57. The van der Waals surface area contributed by atoms with Gasteiger partial charge in [-0.3, -0.25) is 0 Å². The second-order valence-corrected chi connectivity index (χ2v) is 5.56. The van der Waals surface area contributed by atoms with Crippen LogP contribution in [0.5, 0.6) is 11.5 Å². The molecule has 0 saturated heterocycles. The summed E-state index contributed by atoms with van der Waals surface area (Å²) in [5, 5.41) is 21.0. The highest BCUT2D eigenvalue weighted by Gasteiger charge is 2.30. The Balaban J connectivity index is 2.22. The molecule has 0 saturated carbocycles. The number of hydrogen-bond acceptors (Lipinski definition) is 2. The normalized spacial score (nSPS) is 13.5. The third-order valence-electron chi connectivity index (χ3n) is 4.23. The second-order valence-electron chi connectivity index (χ2n) is 5.56. The molecule has 0 heterocycles. The van der Waals surface area contributed by atoms with Crippen molar-refractivity contribution in [3.05, 3.63) is 95.6 Å². The number of benzene rings is 3. The lowest BCUT2D eigenvalue weighted by atomic mass is 9.71. The quantitative estimate of drug-likeness (QED) is 0.745. The van der Waals surface area contributed by atoms with E-state index in [2.05, 4.69) is 19.1 Å². The van der Waals surface area contributed by atoms with Crippen molar-refractivity contribution in [2.24, 2.45) is 0 Å². The van der Waals surface area contributed by atoms with Crippen molar-refractivity contribution in [3.8, 4) is 11.5 Å². The van der Waals surface area contributed by atoms with Gasteiger partial charge in [-0.15, -0.1) is 5.75 Å². The van der Waals surface area contributed by atoms with Gasteiger partial charge in [-0.25, -0.2) is 0 Å². The van der Waals surface area contributed by atoms with Gasteiger partial charge < -0.3 is 10.2 Å². The molecule has 0 aliphatic carbocycles. The topological polar surface area (TPSA) is 43.3 Å². The highest BCUT2D eigenvalue weighted by molar-refractivity contribution is 5.50. The maximum atomic E-state index is 11.4. The van der Waals surface area contributed by atoms with Crippen LogP contribution in [0.15, 0.2) is 78.9 Å². The van der Waals surface area contributed by atoms with Gasteiger partial charge in [0.2, 0.25) is 0 Å². The lowest BCUT2D eigenvalue weighted by molar-refractivity contribution is -0.268. The lowest BCUT2D eigenvalue weighted by Crippen LogP contribution is -2.25. The molecule has 0 amide bonds. The summed E-state index contributed by atoms with van der Waals surface area (Å²) in [6.07, 6.45) is 0. The number of phenolic OH excluding ortho intramolecular Hbond substituents is 1. The van der Waals surface area contributed by atoms with Crippen molar-refractivity contribution in [3.63, 3.8) is 0 Å². The molecule has 0 aromatic heterocycles. The lowest BCUT2D eigenvalue weighted by Gasteiger charge is -2.32. The average Bonchev–Trinajstić information content (AvgIpc) is 2.56. The third-order valence-corrected chi connectivity index (χ3v) is 4.23. The maximum absolute atomic E-state index is 11.4. The van der Waals surface area contributed by atoms with Crippen LogP contribution < -0.4 is 5.11 Å². The van der Waals surface area contributed by atoms with Crippen molar-refractivity contribution in [1.82, 2.24) is 0 Å². The van der Waals surface area contributed by atoms with E-state index in [1.54, 1.807) is 24.3 Å². The molecule has 2 nitrogen and oxygen atoms in total. The van der Waals surface area contributed by atoms with Gasteiger partial charge >= 0.3 is 0 Å². The Bertz CT molecular complexity index is 698. The van der Waals surface area contributed by atoms with E-state index in [9.17, 15) is 10.2 Å². The number of phenols is 1. The van der Waals surface area contributed by atoms with Crippen LogP contribution in [0.1, 0.15) is 23.6 Å². The molecule has 22 heavy (non-hydrogen) atoms. The van der Waals surface area contributed by atoms with Crippen LogP contribution in [0.3, 0.4) is 0 Å². The Morgan fingerprint density at radius 2 is 1.14 bits per heavy atom. The van der Waals surface area contributed by atoms with Gasteiger partial charge in [-0.1, -0.05) is 66.7 Å². The van der Waals surface area contributed by atoms with Crippen molar-refractivity contribution in [2.75, 3.05) is 0 Å². The summed E-state index contributed by atoms with van der Waals surface area (Å²) >= 11 is 0. The van der Waals surface area contributed by atoms with Gasteiger partial charge in [-0.05, 0) is 35.7 Å². The van der Waals surface area contributed by atoms with Crippen molar-refractivity contribution in [2.45, 2.75) is 12.3 Å². The summed E-state index contributed by atoms with van der Waals surface area (Å²) in [7, 11) is 0. The Hall–Kier alpha value is -2.74. The van der Waals surface area contributed by atoms with Gasteiger partial charge in [-0.2, -0.15) is 0 Å². The zero-order valence-corrected chi connectivity index (χ0v) is 12.4. The molecule has 3 aromatic rings. The van der Waals surface area contributed by atoms with Crippen LogP contribution >= 0.6 is 0 Å². The standard InChI is InChI=1S/C20H18O2/c1-20(15-5-3-2-4-6-15,16-7-11-18(21)12-8-16)17-9-13-19(22)14-10-17/h2-14,21-22H,1H3/p-1. The first kappa shape index (κ1) is 14.2. The first-order valence-electron chi connectivity index (χ1n) is 7.23. The smallest absolute Gasteiger partial charge is 0.115 e. The highest BCUT2D eigenvalue weighted by atomic mass is 16.3. The molecule has 0 bridgehead atoms. The number of aromatic hydroxyl groups is 1. The van der Waals surface area contributed by atoms with Crippen molar-refractivity contribution in [1.29, 1.82) is 0 Å².